The first kappa shape index (κ1) is 11.7. The Hall–Kier alpha value is -1.78. The number of aromatic nitrogens is 2. The van der Waals surface area contributed by atoms with Crippen LogP contribution in [-0.2, 0) is 12.7 Å². The van der Waals surface area contributed by atoms with Gasteiger partial charge in [0, 0.05) is 18.3 Å². The van der Waals surface area contributed by atoms with Gasteiger partial charge in [0.2, 0.25) is 0 Å². The van der Waals surface area contributed by atoms with Crippen molar-refractivity contribution in [3.05, 3.63) is 42.2 Å². The highest BCUT2D eigenvalue weighted by molar-refractivity contribution is 5.62. The number of aryl methyl sites for hydroxylation is 1. The summed E-state index contributed by atoms with van der Waals surface area (Å²) in [4.78, 5) is 0. The summed E-state index contributed by atoms with van der Waals surface area (Å²) < 4.78 is 38.8. The SMILES string of the molecule is CCn1cc(-c2ccc(C(F)(F)F)cc2)cn1. The Bertz CT molecular complexity index is 497. The summed E-state index contributed by atoms with van der Waals surface area (Å²) in [6.45, 7) is 2.68. The van der Waals surface area contributed by atoms with Crippen LogP contribution in [0.2, 0.25) is 0 Å². The quantitative estimate of drug-likeness (QED) is 0.784. The van der Waals surface area contributed by atoms with Crippen molar-refractivity contribution < 1.29 is 13.2 Å². The third-order valence-corrected chi connectivity index (χ3v) is 2.50. The summed E-state index contributed by atoms with van der Waals surface area (Å²) in [5, 5.41) is 4.08. The third-order valence-electron chi connectivity index (χ3n) is 2.50. The molecule has 0 aliphatic rings. The molecule has 90 valence electrons. The molecule has 0 aliphatic heterocycles. The highest BCUT2D eigenvalue weighted by Crippen LogP contribution is 2.30. The predicted molar refractivity (Wildman–Crippen MR) is 58.3 cm³/mol. The minimum Gasteiger partial charge on any atom is -0.272 e. The summed E-state index contributed by atoms with van der Waals surface area (Å²) in [6.07, 6.45) is -0.833. The smallest absolute Gasteiger partial charge is 0.272 e. The molecule has 0 bridgehead atoms. The van der Waals surface area contributed by atoms with Gasteiger partial charge in [0.15, 0.2) is 0 Å². The largest absolute Gasteiger partial charge is 0.416 e. The topological polar surface area (TPSA) is 17.8 Å². The summed E-state index contributed by atoms with van der Waals surface area (Å²) >= 11 is 0. The molecule has 1 aromatic carbocycles. The minimum absolute atomic E-state index is 0.635. The van der Waals surface area contributed by atoms with Gasteiger partial charge in [-0.1, -0.05) is 12.1 Å². The fourth-order valence-corrected chi connectivity index (χ4v) is 1.54. The van der Waals surface area contributed by atoms with E-state index in [-0.39, 0.29) is 0 Å². The second-order valence-corrected chi connectivity index (χ2v) is 3.66. The molecule has 2 nitrogen and oxygen atoms in total. The van der Waals surface area contributed by atoms with Gasteiger partial charge in [0.05, 0.1) is 11.8 Å². The van der Waals surface area contributed by atoms with Gasteiger partial charge >= 0.3 is 6.18 Å². The lowest BCUT2D eigenvalue weighted by molar-refractivity contribution is -0.137. The molecule has 0 fully saturated rings. The Balaban J connectivity index is 2.29. The number of hydrogen-bond donors (Lipinski definition) is 0. The van der Waals surface area contributed by atoms with Crippen molar-refractivity contribution in [2.24, 2.45) is 0 Å². The van der Waals surface area contributed by atoms with Crippen LogP contribution in [0, 0.1) is 0 Å². The van der Waals surface area contributed by atoms with Gasteiger partial charge in [0.1, 0.15) is 0 Å². The van der Waals surface area contributed by atoms with E-state index >= 15 is 0 Å². The van der Waals surface area contributed by atoms with E-state index in [1.807, 2.05) is 13.1 Å². The molecule has 0 radical (unpaired) electrons. The molecule has 0 saturated heterocycles. The molecule has 0 spiro atoms. The molecular weight excluding hydrogens is 229 g/mol. The van der Waals surface area contributed by atoms with Crippen molar-refractivity contribution in [3.8, 4) is 11.1 Å². The fraction of sp³-hybridized carbons (Fsp3) is 0.250. The monoisotopic (exact) mass is 240 g/mol. The number of nitrogens with zero attached hydrogens (tertiary/aromatic N) is 2. The van der Waals surface area contributed by atoms with Crippen molar-refractivity contribution in [3.63, 3.8) is 0 Å². The number of alkyl halides is 3. The van der Waals surface area contributed by atoms with E-state index in [9.17, 15) is 13.2 Å². The van der Waals surface area contributed by atoms with Crippen LogP contribution in [0.15, 0.2) is 36.7 Å². The first-order valence-electron chi connectivity index (χ1n) is 5.21. The fourth-order valence-electron chi connectivity index (χ4n) is 1.54. The molecule has 1 aromatic heterocycles. The lowest BCUT2D eigenvalue weighted by Crippen LogP contribution is -2.03. The van der Waals surface area contributed by atoms with Crippen LogP contribution < -0.4 is 0 Å². The summed E-state index contributed by atoms with van der Waals surface area (Å²) in [5.74, 6) is 0. The average molecular weight is 240 g/mol. The van der Waals surface area contributed by atoms with E-state index in [0.717, 1.165) is 29.8 Å². The summed E-state index contributed by atoms with van der Waals surface area (Å²) in [5.41, 5.74) is 0.919. The van der Waals surface area contributed by atoms with Gasteiger partial charge in [-0.25, -0.2) is 0 Å². The van der Waals surface area contributed by atoms with E-state index in [1.165, 1.54) is 12.1 Å². The Morgan fingerprint density at radius 2 is 1.76 bits per heavy atom. The first-order chi connectivity index (χ1) is 8.00. The Morgan fingerprint density at radius 1 is 1.12 bits per heavy atom. The maximum atomic E-state index is 12.4. The van der Waals surface area contributed by atoms with Crippen molar-refractivity contribution >= 4 is 0 Å². The van der Waals surface area contributed by atoms with Crippen molar-refractivity contribution in [2.45, 2.75) is 19.6 Å². The normalized spacial score (nSPS) is 11.8. The van der Waals surface area contributed by atoms with E-state index in [1.54, 1.807) is 10.9 Å². The number of rotatable bonds is 2. The van der Waals surface area contributed by atoms with Gasteiger partial charge in [-0.05, 0) is 24.6 Å². The molecule has 0 atom stereocenters. The maximum Gasteiger partial charge on any atom is 0.416 e. The van der Waals surface area contributed by atoms with E-state index in [0.29, 0.717) is 0 Å². The van der Waals surface area contributed by atoms with E-state index in [2.05, 4.69) is 5.10 Å². The zero-order chi connectivity index (χ0) is 12.5. The Kier molecular flexibility index (Phi) is 2.92. The zero-order valence-corrected chi connectivity index (χ0v) is 9.20. The van der Waals surface area contributed by atoms with Gasteiger partial charge in [-0.2, -0.15) is 18.3 Å². The zero-order valence-electron chi connectivity index (χ0n) is 9.20. The molecule has 5 heteroatoms. The van der Waals surface area contributed by atoms with Gasteiger partial charge in [-0.3, -0.25) is 4.68 Å². The van der Waals surface area contributed by atoms with Crippen LogP contribution in [0.3, 0.4) is 0 Å². The van der Waals surface area contributed by atoms with Crippen molar-refractivity contribution in [1.29, 1.82) is 0 Å². The second-order valence-electron chi connectivity index (χ2n) is 3.66. The summed E-state index contributed by atoms with van der Waals surface area (Å²) in [7, 11) is 0. The highest BCUT2D eigenvalue weighted by Gasteiger charge is 2.29. The molecule has 2 aromatic rings. The molecule has 0 N–H and O–H groups in total. The van der Waals surface area contributed by atoms with Crippen LogP contribution in [0.1, 0.15) is 12.5 Å². The molecule has 1 heterocycles. The third kappa shape index (κ3) is 2.49. The van der Waals surface area contributed by atoms with E-state index in [4.69, 9.17) is 0 Å². The molecule has 0 amide bonds. The molecule has 0 aliphatic carbocycles. The molecule has 2 rings (SSSR count). The minimum atomic E-state index is -4.29. The number of hydrogen-bond acceptors (Lipinski definition) is 1. The lowest BCUT2D eigenvalue weighted by atomic mass is 10.1. The second kappa shape index (κ2) is 4.24. The average Bonchev–Trinajstić information content (AvgIpc) is 2.76. The van der Waals surface area contributed by atoms with Crippen LogP contribution in [0.25, 0.3) is 11.1 Å². The Morgan fingerprint density at radius 3 is 2.24 bits per heavy atom. The Labute approximate surface area is 96.7 Å². The van der Waals surface area contributed by atoms with Crippen LogP contribution in [-0.4, -0.2) is 9.78 Å². The summed E-state index contributed by atoms with van der Waals surface area (Å²) in [6, 6.07) is 5.08. The number of benzene rings is 1. The van der Waals surface area contributed by atoms with Gasteiger partial charge < -0.3 is 0 Å². The van der Waals surface area contributed by atoms with Crippen molar-refractivity contribution in [1.82, 2.24) is 9.78 Å². The molecular formula is C12H11F3N2. The maximum absolute atomic E-state index is 12.4. The van der Waals surface area contributed by atoms with Crippen LogP contribution in [0.5, 0.6) is 0 Å². The lowest BCUT2D eigenvalue weighted by Gasteiger charge is -2.06. The van der Waals surface area contributed by atoms with Gasteiger partial charge in [-0.15, -0.1) is 0 Å². The van der Waals surface area contributed by atoms with Crippen LogP contribution in [0.4, 0.5) is 13.2 Å². The molecule has 0 unspecified atom stereocenters. The first-order valence-corrected chi connectivity index (χ1v) is 5.21. The predicted octanol–water partition coefficient (Wildman–Crippen LogP) is 3.59. The van der Waals surface area contributed by atoms with Gasteiger partial charge in [0.25, 0.3) is 0 Å². The van der Waals surface area contributed by atoms with E-state index < -0.39 is 11.7 Å². The number of halogens is 3. The molecule has 0 saturated carbocycles. The highest BCUT2D eigenvalue weighted by atomic mass is 19.4. The van der Waals surface area contributed by atoms with Crippen molar-refractivity contribution in [2.75, 3.05) is 0 Å². The van der Waals surface area contributed by atoms with Crippen LogP contribution >= 0.6 is 0 Å². The molecule has 17 heavy (non-hydrogen) atoms. The standard InChI is InChI=1S/C12H11F3N2/c1-2-17-8-10(7-16-17)9-3-5-11(6-4-9)12(13,14)15/h3-8H,2H2,1H3.